The number of carbonyl (C=O) groups excluding carboxylic acids is 6. The first-order chi connectivity index (χ1) is 21.5. The predicted octanol–water partition coefficient (Wildman–Crippen LogP) is -1.68. The molecule has 17 nitrogen and oxygen atoms in total. The second-order valence-corrected chi connectivity index (χ2v) is 10.2. The Morgan fingerprint density at radius 2 is 1.41 bits per heavy atom. The molecule has 3 amide bonds. The molecule has 5 atom stereocenters. The van der Waals surface area contributed by atoms with Crippen LogP contribution in [0, 0.1) is 11.8 Å². The largest absolute Gasteiger partial charge is 0.481 e. The maximum atomic E-state index is 13.2. The van der Waals surface area contributed by atoms with Crippen LogP contribution in [0.3, 0.4) is 0 Å². The Morgan fingerprint density at radius 1 is 0.826 bits per heavy atom. The van der Waals surface area contributed by atoms with Crippen molar-refractivity contribution < 1.29 is 67.6 Å². The van der Waals surface area contributed by atoms with Crippen LogP contribution in [-0.2, 0) is 54.5 Å². The molecule has 0 aliphatic rings. The van der Waals surface area contributed by atoms with Crippen molar-refractivity contribution >= 4 is 53.2 Å². The van der Waals surface area contributed by atoms with Crippen molar-refractivity contribution in [1.29, 1.82) is 0 Å². The summed E-state index contributed by atoms with van der Waals surface area (Å²) in [6.07, 6.45) is -2.41. The van der Waals surface area contributed by atoms with E-state index in [4.69, 9.17) is 20.7 Å². The first kappa shape index (κ1) is 38.8. The minimum Gasteiger partial charge on any atom is -0.481 e. The van der Waals surface area contributed by atoms with Crippen LogP contribution in [0.15, 0.2) is 30.3 Å². The van der Waals surface area contributed by atoms with Gasteiger partial charge in [0.15, 0.2) is 12.6 Å². The molecule has 0 aliphatic heterocycles. The zero-order valence-electron chi connectivity index (χ0n) is 24.8. The van der Waals surface area contributed by atoms with E-state index < -0.39 is 115 Å². The van der Waals surface area contributed by atoms with Crippen molar-refractivity contribution in [2.75, 3.05) is 6.67 Å². The first-order valence-corrected chi connectivity index (χ1v) is 13.7. The van der Waals surface area contributed by atoms with E-state index >= 15 is 0 Å². The van der Waals surface area contributed by atoms with Crippen molar-refractivity contribution in [3.63, 3.8) is 0 Å². The third kappa shape index (κ3) is 12.4. The minimum atomic E-state index is -2.24. The summed E-state index contributed by atoms with van der Waals surface area (Å²) in [6.45, 7) is 0.714. The number of halogens is 1. The molecule has 0 aliphatic carbocycles. The molecule has 252 valence electrons. The molecule has 0 heterocycles. The topological polar surface area (TPSA) is 286 Å². The highest BCUT2D eigenvalue weighted by atomic mass is 19.1. The lowest BCUT2D eigenvalue weighted by atomic mass is 9.98. The Balaban J connectivity index is 3.15. The van der Waals surface area contributed by atoms with E-state index in [1.165, 1.54) is 13.8 Å². The van der Waals surface area contributed by atoms with Gasteiger partial charge in [-0.15, -0.1) is 0 Å². The number of carboxylic acid groups (broad SMARTS) is 3. The number of alkyl halides is 1. The maximum absolute atomic E-state index is 13.2. The Labute approximate surface area is 261 Å². The van der Waals surface area contributed by atoms with Crippen LogP contribution in [0.2, 0.25) is 0 Å². The molecule has 0 radical (unpaired) electrons. The zero-order chi connectivity index (χ0) is 35.1. The van der Waals surface area contributed by atoms with Gasteiger partial charge in [-0.1, -0.05) is 44.2 Å². The van der Waals surface area contributed by atoms with Crippen molar-refractivity contribution in [3.8, 4) is 0 Å². The first-order valence-electron chi connectivity index (χ1n) is 13.7. The number of aliphatic carboxylic acids is 3. The average molecular weight is 655 g/mol. The van der Waals surface area contributed by atoms with Crippen LogP contribution in [-0.4, -0.2) is 99.3 Å². The molecular weight excluding hydrogens is 619 g/mol. The number of amides is 3. The summed E-state index contributed by atoms with van der Waals surface area (Å²) in [5.74, 6) is -16.1. The van der Waals surface area contributed by atoms with E-state index in [1.807, 2.05) is 5.32 Å². The van der Waals surface area contributed by atoms with Gasteiger partial charge in [0, 0.05) is 6.42 Å². The third-order valence-electron chi connectivity index (χ3n) is 6.34. The van der Waals surface area contributed by atoms with Crippen LogP contribution in [0.4, 0.5) is 4.39 Å². The van der Waals surface area contributed by atoms with Crippen LogP contribution in [0.25, 0.3) is 0 Å². The Kier molecular flexibility index (Phi) is 15.6. The molecule has 0 saturated heterocycles. The van der Waals surface area contributed by atoms with Crippen molar-refractivity contribution in [1.82, 2.24) is 16.0 Å². The fourth-order valence-corrected chi connectivity index (χ4v) is 3.87. The summed E-state index contributed by atoms with van der Waals surface area (Å²) < 4.78 is 17.7. The van der Waals surface area contributed by atoms with Crippen molar-refractivity contribution in [2.24, 2.45) is 17.6 Å². The number of esters is 1. The number of ether oxygens (including phenoxy) is 1. The van der Waals surface area contributed by atoms with Crippen molar-refractivity contribution in [3.05, 3.63) is 35.9 Å². The number of carboxylic acids is 3. The van der Waals surface area contributed by atoms with Gasteiger partial charge in [-0.05, 0) is 17.9 Å². The smallest absolute Gasteiger partial charge is 0.322 e. The van der Waals surface area contributed by atoms with E-state index in [1.54, 1.807) is 30.3 Å². The molecule has 1 rings (SSSR count). The number of ketones is 2. The number of benzene rings is 1. The van der Waals surface area contributed by atoms with Crippen LogP contribution in [0.1, 0.15) is 38.7 Å². The number of hydrogen-bond donors (Lipinski definition) is 7. The van der Waals surface area contributed by atoms with Gasteiger partial charge in [0.2, 0.25) is 29.3 Å². The monoisotopic (exact) mass is 654 g/mol. The molecule has 8 N–H and O–H groups in total. The fraction of sp³-hybridized carbons (Fsp3) is 0.464. The highest BCUT2D eigenvalue weighted by molar-refractivity contribution is 6.40. The second kappa shape index (κ2) is 18.5. The lowest BCUT2D eigenvalue weighted by Crippen LogP contribution is -2.60. The average Bonchev–Trinajstić information content (AvgIpc) is 2.99. The van der Waals surface area contributed by atoms with Gasteiger partial charge < -0.3 is 41.7 Å². The summed E-state index contributed by atoms with van der Waals surface area (Å²) >= 11 is 0. The Bertz CT molecular complexity index is 1320. The van der Waals surface area contributed by atoms with Crippen LogP contribution < -0.4 is 21.7 Å². The lowest BCUT2D eigenvalue weighted by molar-refractivity contribution is -0.162. The summed E-state index contributed by atoms with van der Waals surface area (Å²) in [7, 11) is 0. The number of nitrogens with two attached hydrogens (primary N) is 1. The van der Waals surface area contributed by atoms with Gasteiger partial charge in [-0.2, -0.15) is 0 Å². The zero-order valence-corrected chi connectivity index (χ0v) is 24.8. The fourth-order valence-electron chi connectivity index (χ4n) is 3.87. The van der Waals surface area contributed by atoms with Crippen LogP contribution in [0.5, 0.6) is 0 Å². The van der Waals surface area contributed by atoms with Gasteiger partial charge >= 0.3 is 23.9 Å². The SMILES string of the molecule is CC(C)[C@H](NC(=O)[C@H](CCC(=O)O)NC(=O)[C@@H](N)C(C(=O)O)C(=O)OCc1ccccc1)C(=O)N[C@@H](CC(=O)O)C(=O)C(=O)CF. The summed E-state index contributed by atoms with van der Waals surface area (Å²) in [6, 6.07) is 0.676. The maximum Gasteiger partial charge on any atom is 0.322 e. The molecule has 0 fully saturated rings. The Morgan fingerprint density at radius 3 is 1.91 bits per heavy atom. The molecule has 0 spiro atoms. The third-order valence-corrected chi connectivity index (χ3v) is 6.34. The molecule has 0 aromatic heterocycles. The minimum absolute atomic E-state index is 0.346. The standard InChI is InChI=1S/C28H35FN4O13/c1-13(2)22(26(42)32-16(10-19(37)38)23(39)17(34)11-29)33-24(40)15(8-9-18(35)36)31-25(41)21(30)20(27(43)44)28(45)46-12-14-6-4-3-5-7-14/h3-7,13,15-16,20-22H,8-12,30H2,1-2H3,(H,31,41)(H,32,42)(H,33,40)(H,35,36)(H,37,38)(H,43,44)/t15-,16-,20?,21-,22-/m0/s1. The molecule has 1 unspecified atom stereocenters. The molecule has 0 saturated carbocycles. The van der Waals surface area contributed by atoms with Gasteiger partial charge in [0.05, 0.1) is 6.42 Å². The van der Waals surface area contributed by atoms with E-state index in [2.05, 4.69) is 10.6 Å². The summed E-state index contributed by atoms with van der Waals surface area (Å²) in [4.78, 5) is 109. The van der Waals surface area contributed by atoms with Gasteiger partial charge in [-0.25, -0.2) is 4.39 Å². The number of nitrogens with one attached hydrogen (secondary N) is 3. The van der Waals surface area contributed by atoms with Gasteiger partial charge in [0.25, 0.3) is 0 Å². The molecule has 0 bridgehead atoms. The highest BCUT2D eigenvalue weighted by Crippen LogP contribution is 2.12. The molecule has 18 heteroatoms. The molecule has 1 aromatic rings. The van der Waals surface area contributed by atoms with Gasteiger partial charge in [-0.3, -0.25) is 43.2 Å². The van der Waals surface area contributed by atoms with Gasteiger partial charge in [0.1, 0.15) is 30.8 Å². The summed E-state index contributed by atoms with van der Waals surface area (Å²) in [5, 5.41) is 34.0. The van der Waals surface area contributed by atoms with Crippen LogP contribution >= 0.6 is 0 Å². The van der Waals surface area contributed by atoms with E-state index in [9.17, 15) is 52.6 Å². The Hall–Kier alpha value is -5.26. The second-order valence-electron chi connectivity index (χ2n) is 10.2. The number of Topliss-reactive ketones (excluding diaryl/α,β-unsaturated/α-hetero) is 2. The van der Waals surface area contributed by atoms with Crippen molar-refractivity contribution in [2.45, 2.75) is 63.9 Å². The van der Waals surface area contributed by atoms with E-state index in [0.717, 1.165) is 0 Å². The number of hydrogen-bond acceptors (Lipinski definition) is 11. The predicted molar refractivity (Wildman–Crippen MR) is 151 cm³/mol. The molecule has 46 heavy (non-hydrogen) atoms. The van der Waals surface area contributed by atoms with E-state index in [-0.39, 0.29) is 6.61 Å². The molecular formula is C28H35FN4O13. The lowest BCUT2D eigenvalue weighted by Gasteiger charge is -2.27. The highest BCUT2D eigenvalue weighted by Gasteiger charge is 2.40. The number of carbonyl (C=O) groups is 9. The molecule has 1 aromatic carbocycles. The quantitative estimate of drug-likeness (QED) is 0.0470. The normalized spacial score (nSPS) is 14.0. The number of rotatable bonds is 20. The summed E-state index contributed by atoms with van der Waals surface area (Å²) in [5.41, 5.74) is 6.25. The van der Waals surface area contributed by atoms with E-state index in [0.29, 0.717) is 5.56 Å².